The van der Waals surface area contributed by atoms with Gasteiger partial charge in [0.2, 0.25) is 5.91 Å². The Kier molecular flexibility index (Phi) is 3.96. The Morgan fingerprint density at radius 3 is 2.65 bits per heavy atom. The van der Waals surface area contributed by atoms with Crippen molar-refractivity contribution in [3.8, 4) is 5.75 Å². The lowest BCUT2D eigenvalue weighted by Gasteiger charge is -2.18. The summed E-state index contributed by atoms with van der Waals surface area (Å²) >= 11 is 6.08. The molecule has 1 atom stereocenters. The van der Waals surface area contributed by atoms with Crippen molar-refractivity contribution < 1.29 is 14.7 Å². The predicted molar refractivity (Wildman–Crippen MR) is 88.8 cm³/mol. The Morgan fingerprint density at radius 1 is 1.22 bits per heavy atom. The predicted octanol–water partition coefficient (Wildman–Crippen LogP) is 3.10. The molecule has 1 heterocycles. The molecule has 1 fully saturated rings. The van der Waals surface area contributed by atoms with E-state index in [0.717, 1.165) is 4.90 Å². The number of phenols is 1. The molecular formula is C17H15ClN2O3. The van der Waals surface area contributed by atoms with Gasteiger partial charge in [-0.05, 0) is 42.8 Å². The first kappa shape index (κ1) is 15.4. The Hall–Kier alpha value is -2.53. The van der Waals surface area contributed by atoms with Crippen LogP contribution in [0.2, 0.25) is 5.02 Å². The minimum Gasteiger partial charge on any atom is -0.508 e. The van der Waals surface area contributed by atoms with E-state index in [2.05, 4.69) is 5.32 Å². The van der Waals surface area contributed by atoms with Crippen molar-refractivity contribution in [1.82, 2.24) is 0 Å². The summed E-state index contributed by atoms with van der Waals surface area (Å²) in [5, 5.41) is 13.0. The highest BCUT2D eigenvalue weighted by atomic mass is 35.5. The number of phenolic OH excluding ortho intramolecular Hbond substituents is 1. The van der Waals surface area contributed by atoms with Crippen molar-refractivity contribution in [3.05, 3.63) is 53.1 Å². The second-order valence-corrected chi connectivity index (χ2v) is 5.83. The van der Waals surface area contributed by atoms with E-state index in [9.17, 15) is 14.7 Å². The summed E-state index contributed by atoms with van der Waals surface area (Å²) in [6, 6.07) is 11.0. The third-order valence-corrected chi connectivity index (χ3v) is 4.10. The van der Waals surface area contributed by atoms with Gasteiger partial charge in [0, 0.05) is 0 Å². The number of nitrogens with zero attached hydrogens (tertiary/aromatic N) is 1. The molecule has 2 amide bonds. The van der Waals surface area contributed by atoms with Gasteiger partial charge in [0.1, 0.15) is 11.8 Å². The molecule has 0 bridgehead atoms. The molecule has 1 aliphatic heterocycles. The van der Waals surface area contributed by atoms with Crippen molar-refractivity contribution in [1.29, 1.82) is 0 Å². The number of amides is 2. The van der Waals surface area contributed by atoms with Crippen LogP contribution in [0.5, 0.6) is 5.75 Å². The van der Waals surface area contributed by atoms with Gasteiger partial charge in [-0.2, -0.15) is 0 Å². The average molecular weight is 331 g/mol. The molecular weight excluding hydrogens is 316 g/mol. The normalized spacial score (nSPS) is 17.7. The van der Waals surface area contributed by atoms with Gasteiger partial charge in [-0.3, -0.25) is 9.59 Å². The van der Waals surface area contributed by atoms with Crippen molar-refractivity contribution in [2.45, 2.75) is 19.4 Å². The fourth-order valence-electron chi connectivity index (χ4n) is 2.65. The highest BCUT2D eigenvalue weighted by Crippen LogP contribution is 2.30. The number of benzene rings is 2. The number of hydrogen-bond donors (Lipinski definition) is 2. The lowest BCUT2D eigenvalue weighted by molar-refractivity contribution is -0.121. The number of nitrogens with one attached hydrogen (secondary N) is 1. The van der Waals surface area contributed by atoms with Crippen molar-refractivity contribution >= 4 is 34.8 Å². The number of aryl methyl sites for hydroxylation is 1. The average Bonchev–Trinajstić information content (AvgIpc) is 2.77. The van der Waals surface area contributed by atoms with E-state index in [1.165, 1.54) is 12.1 Å². The summed E-state index contributed by atoms with van der Waals surface area (Å²) < 4.78 is 0. The van der Waals surface area contributed by atoms with Crippen LogP contribution in [0.1, 0.15) is 12.0 Å². The smallest absolute Gasteiger partial charge is 0.256 e. The van der Waals surface area contributed by atoms with Crippen molar-refractivity contribution in [2.24, 2.45) is 0 Å². The first-order chi connectivity index (χ1) is 11.0. The van der Waals surface area contributed by atoms with E-state index in [-0.39, 0.29) is 24.0 Å². The van der Waals surface area contributed by atoms with Gasteiger partial charge in [0.05, 0.1) is 22.8 Å². The maximum absolute atomic E-state index is 12.6. The second kappa shape index (κ2) is 5.93. The Morgan fingerprint density at radius 2 is 1.96 bits per heavy atom. The molecule has 0 aliphatic carbocycles. The van der Waals surface area contributed by atoms with Crippen LogP contribution in [0, 0.1) is 6.92 Å². The summed E-state index contributed by atoms with van der Waals surface area (Å²) in [5.41, 5.74) is 1.76. The first-order valence-corrected chi connectivity index (χ1v) is 7.52. The van der Waals surface area contributed by atoms with Gasteiger partial charge in [0.15, 0.2) is 0 Å². The van der Waals surface area contributed by atoms with E-state index in [4.69, 9.17) is 11.6 Å². The SMILES string of the molecule is Cc1cc(O)ccc1N1C(=O)CC(Nc2ccccc2Cl)C1=O. The fraction of sp³-hybridized carbons (Fsp3) is 0.176. The summed E-state index contributed by atoms with van der Waals surface area (Å²) in [6.07, 6.45) is 0.0599. The molecule has 1 unspecified atom stereocenters. The molecule has 118 valence electrons. The highest BCUT2D eigenvalue weighted by Gasteiger charge is 2.40. The molecule has 0 aromatic heterocycles. The molecule has 0 saturated carbocycles. The monoisotopic (exact) mass is 330 g/mol. The largest absolute Gasteiger partial charge is 0.508 e. The maximum atomic E-state index is 12.6. The van der Waals surface area contributed by atoms with E-state index in [0.29, 0.717) is 22.0 Å². The van der Waals surface area contributed by atoms with Gasteiger partial charge >= 0.3 is 0 Å². The lowest BCUT2D eigenvalue weighted by Crippen LogP contribution is -2.35. The second-order valence-electron chi connectivity index (χ2n) is 5.42. The number of para-hydroxylation sites is 1. The molecule has 2 aromatic carbocycles. The minimum absolute atomic E-state index is 0.0599. The van der Waals surface area contributed by atoms with Gasteiger partial charge in [-0.25, -0.2) is 4.90 Å². The Labute approximate surface area is 138 Å². The highest BCUT2D eigenvalue weighted by molar-refractivity contribution is 6.33. The summed E-state index contributed by atoms with van der Waals surface area (Å²) in [7, 11) is 0. The first-order valence-electron chi connectivity index (χ1n) is 7.15. The molecule has 2 aromatic rings. The van der Waals surface area contributed by atoms with E-state index in [1.807, 2.05) is 0 Å². The molecule has 23 heavy (non-hydrogen) atoms. The van der Waals surface area contributed by atoms with Gasteiger partial charge in [-0.1, -0.05) is 23.7 Å². The molecule has 3 rings (SSSR count). The zero-order chi connectivity index (χ0) is 16.6. The number of carbonyl (C=O) groups is 2. The van der Waals surface area contributed by atoms with Crippen LogP contribution in [0.25, 0.3) is 0 Å². The fourth-order valence-corrected chi connectivity index (χ4v) is 2.84. The van der Waals surface area contributed by atoms with Gasteiger partial charge in [0.25, 0.3) is 5.91 Å². The molecule has 0 radical (unpaired) electrons. The van der Waals surface area contributed by atoms with Crippen molar-refractivity contribution in [3.63, 3.8) is 0 Å². The van der Waals surface area contributed by atoms with Crippen LogP contribution in [0.4, 0.5) is 11.4 Å². The number of imide groups is 1. The summed E-state index contributed by atoms with van der Waals surface area (Å²) in [5.74, 6) is -0.520. The number of halogens is 1. The molecule has 0 spiro atoms. The third-order valence-electron chi connectivity index (χ3n) is 3.77. The van der Waals surface area contributed by atoms with Crippen LogP contribution in [0.3, 0.4) is 0 Å². The number of aromatic hydroxyl groups is 1. The van der Waals surface area contributed by atoms with Crippen molar-refractivity contribution in [2.75, 3.05) is 10.2 Å². The van der Waals surface area contributed by atoms with Gasteiger partial charge < -0.3 is 10.4 Å². The molecule has 1 saturated heterocycles. The van der Waals surface area contributed by atoms with Crippen LogP contribution in [-0.2, 0) is 9.59 Å². The quantitative estimate of drug-likeness (QED) is 0.848. The Balaban J connectivity index is 1.87. The van der Waals surface area contributed by atoms with Crippen LogP contribution in [0.15, 0.2) is 42.5 Å². The van der Waals surface area contributed by atoms with E-state index >= 15 is 0 Å². The van der Waals surface area contributed by atoms with E-state index in [1.54, 1.807) is 37.3 Å². The molecule has 2 N–H and O–H groups in total. The van der Waals surface area contributed by atoms with E-state index < -0.39 is 6.04 Å². The van der Waals surface area contributed by atoms with Crippen LogP contribution >= 0.6 is 11.6 Å². The molecule has 5 nitrogen and oxygen atoms in total. The zero-order valence-corrected chi connectivity index (χ0v) is 13.2. The summed E-state index contributed by atoms with van der Waals surface area (Å²) in [6.45, 7) is 1.74. The summed E-state index contributed by atoms with van der Waals surface area (Å²) in [4.78, 5) is 26.0. The maximum Gasteiger partial charge on any atom is 0.256 e. The number of anilines is 2. The zero-order valence-electron chi connectivity index (χ0n) is 12.4. The number of rotatable bonds is 3. The third kappa shape index (κ3) is 2.87. The van der Waals surface area contributed by atoms with Crippen LogP contribution < -0.4 is 10.2 Å². The lowest BCUT2D eigenvalue weighted by atomic mass is 10.1. The topological polar surface area (TPSA) is 69.6 Å². The standard InChI is InChI=1S/C17H15ClN2O3/c1-10-8-11(21)6-7-15(10)20-16(22)9-14(17(20)23)19-13-5-3-2-4-12(13)18/h2-8,14,19,21H,9H2,1H3. The minimum atomic E-state index is -0.657. The Bertz CT molecular complexity index is 791. The molecule has 1 aliphatic rings. The van der Waals surface area contributed by atoms with Crippen LogP contribution in [-0.4, -0.2) is 23.0 Å². The van der Waals surface area contributed by atoms with Gasteiger partial charge in [-0.15, -0.1) is 0 Å². The number of carbonyl (C=O) groups excluding carboxylic acids is 2. The molecule has 6 heteroatoms. The number of hydrogen-bond acceptors (Lipinski definition) is 4.